The summed E-state index contributed by atoms with van der Waals surface area (Å²) in [6.45, 7) is 4.21. The number of hydrogen-bond donors (Lipinski definition) is 14. The number of phenolic OH excluding ortho intramolecular Hbond substituents is 1. The van der Waals surface area contributed by atoms with Gasteiger partial charge in [-0.25, -0.2) is 4.79 Å². The van der Waals surface area contributed by atoms with Crippen LogP contribution in [0.1, 0.15) is 55.2 Å². The second-order valence-corrected chi connectivity index (χ2v) is 20.6. The Balaban J connectivity index is 1.13. The molecule has 472 valence electrons. The van der Waals surface area contributed by atoms with E-state index in [1.165, 1.54) is 12.1 Å². The van der Waals surface area contributed by atoms with Crippen LogP contribution < -0.4 is 64.4 Å². The number of carbonyl (C=O) groups is 8. The SMILES string of the molecule is CCC(=O)NCCNC(=O)/N=C(/N)NCCC[C@@H](NC(=O)[C@@H](c1ccccc1)c1cccc(NCCCNc2c(NCCNC(=O)CN3CCN(CC(=O)O)CCN(CC(=O)O)CCN(CC(=O)O)CC3)c(=O)c2=O)c1)C(=O)NCc1ccc(O)cc1. The Morgan fingerprint density at radius 2 is 1.06 bits per heavy atom. The Morgan fingerprint density at radius 3 is 1.63 bits per heavy atom. The molecule has 29 heteroatoms. The number of benzene rings is 3. The standard InChI is InChI=1S/C58H81N15O14/c1-2-45(75)61-22-24-66-58(87)69-57(59)65-18-7-13-44(55(85)67-34-39-14-16-43(74)17-15-39)68-56(86)50(40-9-4-3-5-10-40)41-11-6-12-42(33-41)60-19-8-20-63-51-52(54(84)53(51)83)64-23-21-62-46(76)35-70-25-27-71(36-47(77)78)29-31-73(38-49(81)82)32-30-72(28-26-70)37-48(79)80/h3-6,9-12,14-17,33,44,50,60,63-64,74H,2,7-8,13,18-32,34-38H2,1H3,(H,61,75)(H,62,76)(H,67,85)(H,68,86)(H,77,78)(H,79,80)(H,81,82)(H4,59,65,66,69,87)/t44-,50+/m1/s1. The fourth-order valence-electron chi connectivity index (χ4n) is 9.32. The van der Waals surface area contributed by atoms with Crippen molar-refractivity contribution in [3.05, 3.63) is 116 Å². The zero-order valence-electron chi connectivity index (χ0n) is 48.8. The second kappa shape index (κ2) is 36.6. The number of aromatic hydroxyl groups is 1. The number of guanidine groups is 1. The highest BCUT2D eigenvalue weighted by Crippen LogP contribution is 2.28. The van der Waals surface area contributed by atoms with Crippen LogP contribution in [0.2, 0.25) is 0 Å². The quantitative estimate of drug-likeness (QED) is 0.0115. The first kappa shape index (κ1) is 68.6. The Bertz CT molecular complexity index is 2980. The van der Waals surface area contributed by atoms with Crippen LogP contribution in [0.25, 0.3) is 0 Å². The van der Waals surface area contributed by atoms with E-state index in [-0.39, 0.29) is 159 Å². The average molecular weight is 1210 g/mol. The molecular formula is C58H81N15O14. The van der Waals surface area contributed by atoms with E-state index in [1.54, 1.807) is 62.9 Å². The number of nitrogens with two attached hydrogens (primary N) is 1. The van der Waals surface area contributed by atoms with Crippen molar-refractivity contribution in [2.24, 2.45) is 10.7 Å². The fourth-order valence-corrected chi connectivity index (χ4v) is 9.32. The van der Waals surface area contributed by atoms with Crippen LogP contribution in [0.4, 0.5) is 21.9 Å². The van der Waals surface area contributed by atoms with Gasteiger partial charge in [-0.2, -0.15) is 4.99 Å². The number of phenols is 1. The van der Waals surface area contributed by atoms with Crippen molar-refractivity contribution < 1.29 is 58.8 Å². The summed E-state index contributed by atoms with van der Waals surface area (Å²) in [6, 6.07) is 20.9. The molecule has 5 rings (SSSR count). The lowest BCUT2D eigenvalue weighted by molar-refractivity contribution is -0.140. The van der Waals surface area contributed by atoms with E-state index in [9.17, 15) is 68.4 Å². The molecule has 15 N–H and O–H groups in total. The van der Waals surface area contributed by atoms with Gasteiger partial charge in [-0.1, -0.05) is 61.5 Å². The Hall–Kier alpha value is -9.19. The van der Waals surface area contributed by atoms with Gasteiger partial charge in [-0.05, 0) is 60.2 Å². The van der Waals surface area contributed by atoms with Crippen LogP contribution in [-0.4, -0.2) is 224 Å². The zero-order valence-corrected chi connectivity index (χ0v) is 48.8. The normalized spacial score (nSPS) is 14.7. The maximum absolute atomic E-state index is 14.5. The molecule has 1 heterocycles. The lowest BCUT2D eigenvalue weighted by atomic mass is 9.89. The van der Waals surface area contributed by atoms with Gasteiger partial charge < -0.3 is 74.0 Å². The van der Waals surface area contributed by atoms with Crippen LogP contribution in [0.5, 0.6) is 5.75 Å². The van der Waals surface area contributed by atoms with Crippen LogP contribution >= 0.6 is 0 Å². The highest BCUT2D eigenvalue weighted by atomic mass is 16.4. The summed E-state index contributed by atoms with van der Waals surface area (Å²) < 4.78 is 0. The first-order chi connectivity index (χ1) is 41.8. The van der Waals surface area contributed by atoms with Crippen molar-refractivity contribution >= 4 is 70.6 Å². The van der Waals surface area contributed by atoms with Gasteiger partial charge in [0.2, 0.25) is 23.6 Å². The average Bonchev–Trinajstić information content (AvgIpc) is 1.41. The molecule has 2 atom stereocenters. The largest absolute Gasteiger partial charge is 0.508 e. The first-order valence-electron chi connectivity index (χ1n) is 28.8. The molecule has 0 saturated carbocycles. The number of amides is 6. The predicted octanol–water partition coefficient (Wildman–Crippen LogP) is -1.24. The fraction of sp³-hybridized carbons (Fsp3) is 0.466. The van der Waals surface area contributed by atoms with Crippen molar-refractivity contribution in [1.29, 1.82) is 0 Å². The highest BCUT2D eigenvalue weighted by molar-refractivity contribution is 5.93. The molecule has 4 aromatic rings. The van der Waals surface area contributed by atoms with Crippen molar-refractivity contribution in [2.45, 2.75) is 51.1 Å². The molecule has 0 unspecified atom stereocenters. The molecule has 1 aliphatic rings. The van der Waals surface area contributed by atoms with Gasteiger partial charge in [0, 0.05) is 117 Å². The number of hydrogen-bond acceptors (Lipinski definition) is 18. The van der Waals surface area contributed by atoms with Gasteiger partial charge in [-0.15, -0.1) is 0 Å². The first-order valence-corrected chi connectivity index (χ1v) is 28.8. The number of urea groups is 1. The summed E-state index contributed by atoms with van der Waals surface area (Å²) >= 11 is 0. The summed E-state index contributed by atoms with van der Waals surface area (Å²) in [5.74, 6) is -5.62. The van der Waals surface area contributed by atoms with Gasteiger partial charge in [-0.3, -0.25) is 62.8 Å². The van der Waals surface area contributed by atoms with Gasteiger partial charge in [0.25, 0.3) is 10.9 Å². The lowest BCUT2D eigenvalue weighted by Crippen LogP contribution is -2.50. The highest BCUT2D eigenvalue weighted by Gasteiger charge is 2.29. The number of carboxylic acid groups (broad SMARTS) is 3. The minimum atomic E-state index is -1.07. The van der Waals surface area contributed by atoms with E-state index in [4.69, 9.17) is 5.73 Å². The van der Waals surface area contributed by atoms with Gasteiger partial charge in [0.1, 0.15) is 23.2 Å². The molecule has 0 radical (unpaired) electrons. The summed E-state index contributed by atoms with van der Waals surface area (Å²) in [6.07, 6.45) is 1.27. The molecule has 0 bridgehead atoms. The van der Waals surface area contributed by atoms with E-state index in [2.05, 4.69) is 52.8 Å². The van der Waals surface area contributed by atoms with E-state index in [0.29, 0.717) is 54.7 Å². The van der Waals surface area contributed by atoms with Crippen molar-refractivity contribution in [1.82, 2.24) is 51.5 Å². The molecule has 29 nitrogen and oxygen atoms in total. The van der Waals surface area contributed by atoms with Crippen LogP contribution in [-0.2, 0) is 40.1 Å². The minimum Gasteiger partial charge on any atom is -0.508 e. The molecular weight excluding hydrogens is 1130 g/mol. The topological polar surface area (TPSA) is 411 Å². The molecule has 0 aliphatic carbocycles. The van der Waals surface area contributed by atoms with E-state index in [0.717, 1.165) is 0 Å². The Morgan fingerprint density at radius 1 is 0.540 bits per heavy atom. The monoisotopic (exact) mass is 1210 g/mol. The predicted molar refractivity (Wildman–Crippen MR) is 325 cm³/mol. The number of aliphatic imine (C=N–C) groups is 1. The van der Waals surface area contributed by atoms with Crippen LogP contribution in [0.3, 0.4) is 0 Å². The van der Waals surface area contributed by atoms with Gasteiger partial charge in [0.05, 0.1) is 32.1 Å². The van der Waals surface area contributed by atoms with Crippen molar-refractivity contribution in [2.75, 3.05) is 140 Å². The minimum absolute atomic E-state index is 0.0651. The summed E-state index contributed by atoms with van der Waals surface area (Å²) in [5.41, 5.74) is 7.41. The maximum atomic E-state index is 14.5. The Labute approximate surface area is 503 Å². The molecule has 0 spiro atoms. The number of carboxylic acids is 3. The molecule has 1 aliphatic heterocycles. The summed E-state index contributed by atoms with van der Waals surface area (Å²) in [4.78, 5) is 136. The number of carbonyl (C=O) groups excluding carboxylic acids is 5. The van der Waals surface area contributed by atoms with E-state index >= 15 is 0 Å². The van der Waals surface area contributed by atoms with Gasteiger partial charge >= 0.3 is 23.9 Å². The number of anilines is 3. The number of aliphatic carboxylic acids is 3. The third kappa shape index (κ3) is 25.1. The second-order valence-electron chi connectivity index (χ2n) is 20.6. The van der Waals surface area contributed by atoms with Gasteiger partial charge in [0.15, 0.2) is 5.96 Å². The molecule has 87 heavy (non-hydrogen) atoms. The van der Waals surface area contributed by atoms with Crippen LogP contribution in [0.15, 0.2) is 93.4 Å². The maximum Gasteiger partial charge on any atom is 0.344 e. The Kier molecular flexibility index (Phi) is 28.9. The number of nitrogens with zero attached hydrogens (tertiary/aromatic N) is 5. The molecule has 0 aromatic heterocycles. The molecule has 1 fully saturated rings. The third-order valence-corrected chi connectivity index (χ3v) is 13.9. The van der Waals surface area contributed by atoms with Crippen LogP contribution in [0, 0.1) is 0 Å². The lowest BCUT2D eigenvalue weighted by Gasteiger charge is -2.32. The summed E-state index contributed by atoms with van der Waals surface area (Å²) in [5, 5.41) is 64.2. The number of rotatable bonds is 33. The summed E-state index contributed by atoms with van der Waals surface area (Å²) in [7, 11) is 0. The zero-order chi connectivity index (χ0) is 63.1. The van der Waals surface area contributed by atoms with E-state index < -0.39 is 58.6 Å². The molecule has 4 aromatic carbocycles. The van der Waals surface area contributed by atoms with E-state index in [1.807, 2.05) is 30.3 Å². The van der Waals surface area contributed by atoms with Crippen molar-refractivity contribution in [3.63, 3.8) is 0 Å². The number of nitrogens with one attached hydrogen (secondary N) is 9. The third-order valence-electron chi connectivity index (χ3n) is 13.9. The molecule has 1 saturated heterocycles. The molecule has 6 amide bonds. The van der Waals surface area contributed by atoms with Crippen molar-refractivity contribution in [3.8, 4) is 5.75 Å². The smallest absolute Gasteiger partial charge is 0.344 e.